The van der Waals surface area contributed by atoms with Gasteiger partial charge in [-0.15, -0.1) is 0 Å². The van der Waals surface area contributed by atoms with Crippen LogP contribution in [0.3, 0.4) is 0 Å². The lowest BCUT2D eigenvalue weighted by molar-refractivity contribution is -0.147. The summed E-state index contributed by atoms with van der Waals surface area (Å²) in [6, 6.07) is 11.0. The van der Waals surface area contributed by atoms with Gasteiger partial charge in [0.15, 0.2) is 0 Å². The van der Waals surface area contributed by atoms with E-state index in [9.17, 15) is 18.9 Å². The average molecular weight is 551 g/mol. The predicted molar refractivity (Wildman–Crippen MR) is 144 cm³/mol. The maximum atomic E-state index is 13.1. The molecule has 10 nitrogen and oxygen atoms in total. The maximum Gasteiger partial charge on any atom is 0.408 e. The molecule has 1 aromatic carbocycles. The first-order chi connectivity index (χ1) is 17.9. The lowest BCUT2D eigenvalue weighted by Gasteiger charge is -2.23. The van der Waals surface area contributed by atoms with Gasteiger partial charge in [-0.25, -0.2) is 9.59 Å². The first kappa shape index (κ1) is 31.3. The van der Waals surface area contributed by atoms with Crippen LogP contribution in [0, 0.1) is 0 Å². The Morgan fingerprint density at radius 1 is 1.00 bits per heavy atom. The molecule has 0 saturated carbocycles. The van der Waals surface area contributed by atoms with Crippen LogP contribution < -0.4 is 10.9 Å². The molecule has 210 valence electrons. The van der Waals surface area contributed by atoms with Gasteiger partial charge in [-0.3, -0.25) is 9.36 Å². The van der Waals surface area contributed by atoms with Gasteiger partial charge in [0.25, 0.3) is 5.56 Å². The minimum Gasteiger partial charge on any atom is -0.459 e. The van der Waals surface area contributed by atoms with Crippen LogP contribution in [0.25, 0.3) is 0 Å². The molecule has 0 aliphatic heterocycles. The van der Waals surface area contributed by atoms with Crippen LogP contribution in [0.2, 0.25) is 0 Å². The van der Waals surface area contributed by atoms with Crippen molar-refractivity contribution >= 4 is 19.7 Å². The van der Waals surface area contributed by atoms with E-state index in [-0.39, 0.29) is 32.5 Å². The number of aromatic nitrogens is 1. The van der Waals surface area contributed by atoms with E-state index < -0.39 is 36.9 Å². The lowest BCUT2D eigenvalue weighted by Crippen LogP contribution is -2.45. The van der Waals surface area contributed by atoms with Gasteiger partial charge in [-0.05, 0) is 50.8 Å². The molecule has 0 saturated heterocycles. The molecule has 0 aliphatic rings. The molecule has 1 aromatic heterocycles. The van der Waals surface area contributed by atoms with Crippen LogP contribution in [0.15, 0.2) is 53.5 Å². The van der Waals surface area contributed by atoms with Crippen molar-refractivity contribution in [3.63, 3.8) is 0 Å². The van der Waals surface area contributed by atoms with Crippen molar-refractivity contribution in [2.75, 3.05) is 13.2 Å². The van der Waals surface area contributed by atoms with Crippen molar-refractivity contribution < 1.29 is 32.7 Å². The largest absolute Gasteiger partial charge is 0.459 e. The number of carbonyl (C=O) groups is 2. The van der Waals surface area contributed by atoms with Crippen molar-refractivity contribution in [1.29, 1.82) is 0 Å². The quantitative estimate of drug-likeness (QED) is 0.257. The van der Waals surface area contributed by atoms with E-state index in [1.165, 1.54) is 16.8 Å². The van der Waals surface area contributed by atoms with E-state index in [0.29, 0.717) is 18.4 Å². The number of ether oxygens (including phenoxy) is 2. The Labute approximate surface area is 224 Å². The molecule has 0 aliphatic carbocycles. The van der Waals surface area contributed by atoms with E-state index in [1.807, 2.05) is 44.2 Å². The van der Waals surface area contributed by atoms with E-state index in [2.05, 4.69) is 5.32 Å². The molecule has 2 aromatic rings. The van der Waals surface area contributed by atoms with Crippen LogP contribution in [0.5, 0.6) is 0 Å². The van der Waals surface area contributed by atoms with E-state index >= 15 is 0 Å². The zero-order valence-corrected chi connectivity index (χ0v) is 23.7. The number of alkyl carbamates (subject to hydrolysis) is 1. The number of pyridine rings is 1. The third-order valence-corrected chi connectivity index (χ3v) is 6.81. The van der Waals surface area contributed by atoms with Gasteiger partial charge in [-0.2, -0.15) is 0 Å². The van der Waals surface area contributed by atoms with Gasteiger partial charge >= 0.3 is 19.7 Å². The number of amides is 1. The van der Waals surface area contributed by atoms with Crippen LogP contribution in [0.1, 0.15) is 58.6 Å². The summed E-state index contributed by atoms with van der Waals surface area (Å²) < 4.78 is 36.0. The predicted octanol–water partition coefficient (Wildman–Crippen LogP) is 5.03. The summed E-state index contributed by atoms with van der Waals surface area (Å²) in [5, 5.41) is 2.55. The van der Waals surface area contributed by atoms with Gasteiger partial charge in [0.1, 0.15) is 24.5 Å². The summed E-state index contributed by atoms with van der Waals surface area (Å²) in [5.74, 6) is -0.672. The molecule has 1 heterocycles. The van der Waals surface area contributed by atoms with Crippen molar-refractivity contribution in [3.05, 3.63) is 70.1 Å². The van der Waals surface area contributed by atoms with Crippen molar-refractivity contribution in [1.82, 2.24) is 9.88 Å². The lowest BCUT2D eigenvalue weighted by atomic mass is 10.1. The number of carbonyl (C=O) groups excluding carboxylic acids is 2. The highest BCUT2D eigenvalue weighted by atomic mass is 31.2. The molecule has 11 heteroatoms. The highest BCUT2D eigenvalue weighted by molar-refractivity contribution is 7.52. The Balaban J connectivity index is 2.19. The fourth-order valence-electron chi connectivity index (χ4n) is 3.27. The Hall–Kier alpha value is -2.94. The van der Waals surface area contributed by atoms with E-state index in [1.54, 1.807) is 26.8 Å². The fourth-order valence-corrected chi connectivity index (χ4v) is 5.03. The molecule has 38 heavy (non-hydrogen) atoms. The Morgan fingerprint density at radius 2 is 1.63 bits per heavy atom. The molecule has 0 spiro atoms. The minimum absolute atomic E-state index is 0.0146. The topological polar surface area (TPSA) is 122 Å². The van der Waals surface area contributed by atoms with Crippen LogP contribution in [-0.2, 0) is 47.2 Å². The SMILES string of the molecule is CCCOP(=O)(Cn1ccc(CC(NC(=O)OC(C)(C)C)C(=O)OCc2ccccc2)cc1=O)OCCC. The molecule has 1 N–H and O–H groups in total. The zero-order valence-electron chi connectivity index (χ0n) is 22.8. The van der Waals surface area contributed by atoms with E-state index in [4.69, 9.17) is 18.5 Å². The molecule has 0 bridgehead atoms. The van der Waals surface area contributed by atoms with Gasteiger partial charge in [0.2, 0.25) is 0 Å². The van der Waals surface area contributed by atoms with Crippen LogP contribution in [-0.4, -0.2) is 41.5 Å². The Kier molecular flexibility index (Phi) is 12.2. The van der Waals surface area contributed by atoms with Gasteiger partial charge < -0.3 is 28.4 Å². The maximum absolute atomic E-state index is 13.1. The number of esters is 1. The number of nitrogens with one attached hydrogen (secondary N) is 1. The third kappa shape index (κ3) is 11.2. The number of nitrogens with zero attached hydrogens (tertiary/aromatic N) is 1. The summed E-state index contributed by atoms with van der Waals surface area (Å²) in [4.78, 5) is 38.2. The van der Waals surface area contributed by atoms with Crippen LogP contribution in [0.4, 0.5) is 4.79 Å². The van der Waals surface area contributed by atoms with Gasteiger partial charge in [0, 0.05) is 18.7 Å². The average Bonchev–Trinajstić information content (AvgIpc) is 2.85. The van der Waals surface area contributed by atoms with Crippen molar-refractivity contribution in [3.8, 4) is 0 Å². The minimum atomic E-state index is -3.52. The van der Waals surface area contributed by atoms with Crippen molar-refractivity contribution in [2.24, 2.45) is 0 Å². The molecular weight excluding hydrogens is 511 g/mol. The van der Waals surface area contributed by atoms with Crippen LogP contribution >= 0.6 is 7.60 Å². The number of benzene rings is 1. The second-order valence-corrected chi connectivity index (χ2v) is 11.8. The fraction of sp³-hybridized carbons (Fsp3) is 0.519. The summed E-state index contributed by atoms with van der Waals surface area (Å²) in [6.07, 6.45) is 1.74. The van der Waals surface area contributed by atoms with Gasteiger partial charge in [-0.1, -0.05) is 44.2 Å². The summed E-state index contributed by atoms with van der Waals surface area (Å²) >= 11 is 0. The standard InChI is InChI=1S/C27H39N2O8P/c1-6-15-35-38(33,36-16-7-2)20-29-14-13-22(18-24(29)30)17-23(28-26(32)37-27(3,4)5)25(31)34-19-21-11-9-8-10-12-21/h8-14,18,23H,6-7,15-17,19-20H2,1-5H3,(H,28,32). The molecule has 1 atom stereocenters. The highest BCUT2D eigenvalue weighted by Gasteiger charge is 2.28. The van der Waals surface area contributed by atoms with Crippen molar-refractivity contribution in [2.45, 2.75) is 78.4 Å². The molecule has 0 fully saturated rings. The third-order valence-electron chi connectivity index (χ3n) is 5.01. The molecule has 1 unspecified atom stereocenters. The Bertz CT molecular complexity index is 1130. The molecule has 1 amide bonds. The summed E-state index contributed by atoms with van der Waals surface area (Å²) in [7, 11) is -3.52. The number of rotatable bonds is 14. The summed E-state index contributed by atoms with van der Waals surface area (Å²) in [5.41, 5.74) is 0.0512. The highest BCUT2D eigenvalue weighted by Crippen LogP contribution is 2.49. The second-order valence-electron chi connectivity index (χ2n) is 9.76. The molecule has 0 radical (unpaired) electrons. The normalized spacial score (nSPS) is 12.6. The molecule has 2 rings (SSSR count). The second kappa shape index (κ2) is 14.9. The molecular formula is C27H39N2O8P. The first-order valence-corrected chi connectivity index (χ1v) is 14.4. The smallest absolute Gasteiger partial charge is 0.408 e. The Morgan fingerprint density at radius 3 is 2.18 bits per heavy atom. The summed E-state index contributed by atoms with van der Waals surface area (Å²) in [6.45, 7) is 9.42. The number of hydrogen-bond acceptors (Lipinski definition) is 8. The first-order valence-electron chi connectivity index (χ1n) is 12.7. The van der Waals surface area contributed by atoms with Gasteiger partial charge in [0.05, 0.1) is 13.2 Å². The zero-order chi connectivity index (χ0) is 28.2. The van der Waals surface area contributed by atoms with E-state index in [0.717, 1.165) is 5.56 Å². The monoisotopic (exact) mass is 550 g/mol. The number of hydrogen-bond donors (Lipinski definition) is 1.